The van der Waals surface area contributed by atoms with E-state index in [-0.39, 0.29) is 11.5 Å². The normalized spacial score (nSPS) is 15.7. The lowest BCUT2D eigenvalue weighted by molar-refractivity contribution is -0.145. The minimum atomic E-state index is -0.642. The molecular formula is C18H13Cl2NO5S. The van der Waals surface area contributed by atoms with E-state index in [1.807, 2.05) is 0 Å². The van der Waals surface area contributed by atoms with Crippen LogP contribution in [0.3, 0.4) is 0 Å². The van der Waals surface area contributed by atoms with Gasteiger partial charge in [0.25, 0.3) is 11.1 Å². The van der Waals surface area contributed by atoms with Crippen molar-refractivity contribution in [2.45, 2.75) is 6.92 Å². The molecule has 140 valence electrons. The first-order valence-electron chi connectivity index (χ1n) is 7.85. The summed E-state index contributed by atoms with van der Waals surface area (Å²) in [6, 6.07) is 8.32. The van der Waals surface area contributed by atoms with E-state index in [0.717, 1.165) is 16.7 Å². The van der Waals surface area contributed by atoms with Crippen molar-refractivity contribution in [1.82, 2.24) is 4.90 Å². The zero-order valence-electron chi connectivity index (χ0n) is 14.0. The molecule has 6 nitrogen and oxygen atoms in total. The van der Waals surface area contributed by atoms with Gasteiger partial charge in [-0.2, -0.15) is 0 Å². The van der Waals surface area contributed by atoms with Gasteiger partial charge < -0.3 is 9.15 Å². The van der Waals surface area contributed by atoms with Crippen LogP contribution < -0.4 is 0 Å². The van der Waals surface area contributed by atoms with Gasteiger partial charge >= 0.3 is 5.97 Å². The van der Waals surface area contributed by atoms with Gasteiger partial charge in [-0.1, -0.05) is 23.2 Å². The van der Waals surface area contributed by atoms with Gasteiger partial charge in [0.15, 0.2) is 0 Å². The molecule has 9 heteroatoms. The predicted molar refractivity (Wildman–Crippen MR) is 103 cm³/mol. The molecule has 0 bridgehead atoms. The summed E-state index contributed by atoms with van der Waals surface area (Å²) in [4.78, 5) is 36.9. The molecule has 3 rings (SSSR count). The highest BCUT2D eigenvalue weighted by Crippen LogP contribution is 2.35. The molecule has 0 N–H and O–H groups in total. The summed E-state index contributed by atoms with van der Waals surface area (Å²) in [5.41, 5.74) is 0.610. The molecule has 2 heterocycles. The van der Waals surface area contributed by atoms with E-state index in [0.29, 0.717) is 27.1 Å². The monoisotopic (exact) mass is 425 g/mol. The Morgan fingerprint density at radius 1 is 1.26 bits per heavy atom. The fraction of sp³-hybridized carbons (Fsp3) is 0.167. The Kier molecular flexibility index (Phi) is 5.94. The van der Waals surface area contributed by atoms with Crippen LogP contribution in [-0.4, -0.2) is 35.2 Å². The second-order valence-electron chi connectivity index (χ2n) is 5.40. The molecule has 27 heavy (non-hydrogen) atoms. The van der Waals surface area contributed by atoms with Crippen LogP contribution in [0.4, 0.5) is 4.79 Å². The van der Waals surface area contributed by atoms with E-state index in [1.165, 1.54) is 6.08 Å². The van der Waals surface area contributed by atoms with Crippen molar-refractivity contribution in [3.63, 3.8) is 0 Å². The molecule has 0 atom stereocenters. The van der Waals surface area contributed by atoms with Crippen molar-refractivity contribution in [2.24, 2.45) is 0 Å². The van der Waals surface area contributed by atoms with Crippen molar-refractivity contribution in [1.29, 1.82) is 0 Å². The molecule has 0 radical (unpaired) electrons. The predicted octanol–water partition coefficient (Wildman–Crippen LogP) is 4.85. The van der Waals surface area contributed by atoms with Crippen LogP contribution >= 0.6 is 35.0 Å². The minimum Gasteiger partial charge on any atom is -0.465 e. The SMILES string of the molecule is CCOC(=O)CN1C(=O)S/C(=C/c2ccc(-c3cc(Cl)ccc3Cl)o2)C1=O. The number of furan rings is 1. The fourth-order valence-corrected chi connectivity index (χ4v) is 3.56. The Morgan fingerprint density at radius 3 is 2.78 bits per heavy atom. The maximum atomic E-state index is 12.4. The third kappa shape index (κ3) is 4.37. The lowest BCUT2D eigenvalue weighted by Crippen LogP contribution is -2.34. The quantitative estimate of drug-likeness (QED) is 0.503. The Hall–Kier alpha value is -2.22. The van der Waals surface area contributed by atoms with Gasteiger partial charge in [0.2, 0.25) is 0 Å². The summed E-state index contributed by atoms with van der Waals surface area (Å²) in [7, 11) is 0. The van der Waals surface area contributed by atoms with Gasteiger partial charge in [-0.05, 0) is 49.0 Å². The third-order valence-corrected chi connectivity index (χ3v) is 5.03. The third-order valence-electron chi connectivity index (χ3n) is 3.56. The van der Waals surface area contributed by atoms with Crippen molar-refractivity contribution in [3.05, 3.63) is 51.0 Å². The number of amides is 2. The van der Waals surface area contributed by atoms with Crippen molar-refractivity contribution in [3.8, 4) is 11.3 Å². The van der Waals surface area contributed by atoms with E-state index in [2.05, 4.69) is 0 Å². The van der Waals surface area contributed by atoms with Crippen LogP contribution in [0.2, 0.25) is 10.0 Å². The first-order valence-corrected chi connectivity index (χ1v) is 9.42. The molecule has 1 saturated heterocycles. The fourth-order valence-electron chi connectivity index (χ4n) is 2.36. The summed E-state index contributed by atoms with van der Waals surface area (Å²) in [6.07, 6.45) is 1.44. The standard InChI is InChI=1S/C18H13Cl2NO5S/c1-2-25-16(22)9-21-17(23)15(27-18(21)24)8-11-4-6-14(26-11)12-7-10(19)3-5-13(12)20/h3-8H,2,9H2,1H3/b15-8+. The van der Waals surface area contributed by atoms with Gasteiger partial charge in [0.05, 0.1) is 16.5 Å². The first-order chi connectivity index (χ1) is 12.9. The van der Waals surface area contributed by atoms with Crippen molar-refractivity contribution in [2.75, 3.05) is 13.2 Å². The maximum Gasteiger partial charge on any atom is 0.326 e. The highest BCUT2D eigenvalue weighted by Gasteiger charge is 2.36. The van der Waals surface area contributed by atoms with E-state index in [1.54, 1.807) is 37.3 Å². The second-order valence-corrected chi connectivity index (χ2v) is 7.24. The molecule has 0 saturated carbocycles. The Balaban J connectivity index is 1.81. The van der Waals surface area contributed by atoms with Gasteiger partial charge in [-0.25, -0.2) is 0 Å². The highest BCUT2D eigenvalue weighted by atomic mass is 35.5. The van der Waals surface area contributed by atoms with Crippen LogP contribution in [0.1, 0.15) is 12.7 Å². The van der Waals surface area contributed by atoms with Crippen LogP contribution in [-0.2, 0) is 14.3 Å². The smallest absolute Gasteiger partial charge is 0.326 e. The lowest BCUT2D eigenvalue weighted by Gasteiger charge is -2.10. The second kappa shape index (κ2) is 8.21. The minimum absolute atomic E-state index is 0.155. The number of carbonyl (C=O) groups excluding carboxylic acids is 3. The number of carbonyl (C=O) groups is 3. The van der Waals surface area contributed by atoms with E-state index in [4.69, 9.17) is 32.4 Å². The number of hydrogen-bond donors (Lipinski definition) is 0. The van der Waals surface area contributed by atoms with Gasteiger partial charge in [0.1, 0.15) is 18.1 Å². The summed E-state index contributed by atoms with van der Waals surface area (Å²) in [5, 5.41) is 0.437. The number of rotatable bonds is 5. The average Bonchev–Trinajstić information content (AvgIpc) is 3.18. The molecular weight excluding hydrogens is 413 g/mol. The molecule has 1 aliphatic heterocycles. The molecule has 1 fully saturated rings. The molecule has 1 aromatic carbocycles. The molecule has 1 aliphatic rings. The van der Waals surface area contributed by atoms with Crippen LogP contribution in [0.25, 0.3) is 17.4 Å². The Labute approximate surface area is 169 Å². The molecule has 1 aromatic heterocycles. The van der Waals surface area contributed by atoms with Gasteiger partial charge in [-0.15, -0.1) is 0 Å². The highest BCUT2D eigenvalue weighted by molar-refractivity contribution is 8.18. The van der Waals surface area contributed by atoms with Crippen LogP contribution in [0.5, 0.6) is 0 Å². The number of ether oxygens (including phenoxy) is 1. The topological polar surface area (TPSA) is 76.8 Å². The van der Waals surface area contributed by atoms with Gasteiger partial charge in [0, 0.05) is 16.7 Å². The number of thioether (sulfide) groups is 1. The summed E-state index contributed by atoms with van der Waals surface area (Å²) >= 11 is 12.9. The van der Waals surface area contributed by atoms with Crippen molar-refractivity contribution >= 4 is 58.2 Å². The largest absolute Gasteiger partial charge is 0.465 e. The summed E-state index contributed by atoms with van der Waals surface area (Å²) in [6.45, 7) is 1.40. The average molecular weight is 426 g/mol. The maximum absolute atomic E-state index is 12.4. The van der Waals surface area contributed by atoms with Crippen LogP contribution in [0, 0.1) is 0 Å². The number of benzene rings is 1. The van der Waals surface area contributed by atoms with E-state index >= 15 is 0 Å². The first kappa shape index (κ1) is 19.5. The summed E-state index contributed by atoms with van der Waals surface area (Å²) < 4.78 is 10.5. The molecule has 0 spiro atoms. The number of imide groups is 1. The number of halogens is 2. The molecule has 2 aromatic rings. The molecule has 0 unspecified atom stereocenters. The van der Waals surface area contributed by atoms with Crippen LogP contribution in [0.15, 0.2) is 39.7 Å². The number of esters is 1. The van der Waals surface area contributed by atoms with Gasteiger partial charge in [-0.3, -0.25) is 19.3 Å². The molecule has 0 aliphatic carbocycles. The lowest BCUT2D eigenvalue weighted by atomic mass is 10.2. The van der Waals surface area contributed by atoms with E-state index in [9.17, 15) is 14.4 Å². The van der Waals surface area contributed by atoms with Crippen molar-refractivity contribution < 1.29 is 23.5 Å². The summed E-state index contributed by atoms with van der Waals surface area (Å²) in [5.74, 6) is -0.379. The number of hydrogen-bond acceptors (Lipinski definition) is 6. The Morgan fingerprint density at radius 2 is 2.04 bits per heavy atom. The number of nitrogens with zero attached hydrogens (tertiary/aromatic N) is 1. The van der Waals surface area contributed by atoms with E-state index < -0.39 is 23.7 Å². The zero-order chi connectivity index (χ0) is 19.6. The molecule has 2 amide bonds. The Bertz CT molecular complexity index is 953. The zero-order valence-corrected chi connectivity index (χ0v) is 16.4.